The minimum atomic E-state index is 0.483. The number of rotatable bonds is 2. The van der Waals surface area contributed by atoms with Crippen LogP contribution in [0.5, 0.6) is 0 Å². The molecule has 1 saturated carbocycles. The molecule has 0 aliphatic heterocycles. The SMILES string of the molecule is Cn1nc(C2CCC(CN)CC2)nc1N. The van der Waals surface area contributed by atoms with E-state index < -0.39 is 0 Å². The summed E-state index contributed by atoms with van der Waals surface area (Å²) in [6, 6.07) is 0. The molecule has 0 radical (unpaired) electrons. The van der Waals surface area contributed by atoms with Gasteiger partial charge in [0.1, 0.15) is 0 Å². The highest BCUT2D eigenvalue weighted by Gasteiger charge is 2.24. The predicted molar refractivity (Wildman–Crippen MR) is 59.2 cm³/mol. The highest BCUT2D eigenvalue weighted by Crippen LogP contribution is 2.33. The van der Waals surface area contributed by atoms with Gasteiger partial charge in [-0.1, -0.05) is 0 Å². The monoisotopic (exact) mass is 209 g/mol. The summed E-state index contributed by atoms with van der Waals surface area (Å²) in [6.07, 6.45) is 4.68. The van der Waals surface area contributed by atoms with Gasteiger partial charge < -0.3 is 11.5 Å². The largest absolute Gasteiger partial charge is 0.368 e. The zero-order chi connectivity index (χ0) is 10.8. The van der Waals surface area contributed by atoms with Crippen molar-refractivity contribution in [3.8, 4) is 0 Å². The normalized spacial score (nSPS) is 26.8. The molecule has 1 aliphatic carbocycles. The van der Waals surface area contributed by atoms with Crippen molar-refractivity contribution < 1.29 is 0 Å². The van der Waals surface area contributed by atoms with Crippen LogP contribution in [0.3, 0.4) is 0 Å². The molecule has 0 atom stereocenters. The number of aryl methyl sites for hydroxylation is 1. The van der Waals surface area contributed by atoms with Crippen molar-refractivity contribution in [2.24, 2.45) is 18.7 Å². The number of nitrogens with zero attached hydrogens (tertiary/aromatic N) is 3. The molecule has 1 aromatic rings. The van der Waals surface area contributed by atoms with E-state index in [1.165, 1.54) is 12.8 Å². The van der Waals surface area contributed by atoms with Crippen molar-refractivity contribution in [1.29, 1.82) is 0 Å². The molecule has 0 saturated heterocycles. The van der Waals surface area contributed by atoms with E-state index in [4.69, 9.17) is 11.5 Å². The molecule has 0 spiro atoms. The Morgan fingerprint density at radius 3 is 2.47 bits per heavy atom. The Labute approximate surface area is 89.9 Å². The smallest absolute Gasteiger partial charge is 0.218 e. The van der Waals surface area contributed by atoms with Crippen LogP contribution < -0.4 is 11.5 Å². The Balaban J connectivity index is 2.01. The molecular formula is C10H19N5. The van der Waals surface area contributed by atoms with Crippen LogP contribution in [0.1, 0.15) is 37.4 Å². The molecule has 1 heterocycles. The van der Waals surface area contributed by atoms with E-state index >= 15 is 0 Å². The molecule has 15 heavy (non-hydrogen) atoms. The Morgan fingerprint density at radius 2 is 2.00 bits per heavy atom. The lowest BCUT2D eigenvalue weighted by molar-refractivity contribution is 0.325. The lowest BCUT2D eigenvalue weighted by Crippen LogP contribution is -2.21. The van der Waals surface area contributed by atoms with Crippen LogP contribution in [0.2, 0.25) is 0 Å². The lowest BCUT2D eigenvalue weighted by atomic mass is 9.82. The number of nitrogen functional groups attached to an aromatic ring is 1. The van der Waals surface area contributed by atoms with E-state index in [1.807, 2.05) is 7.05 Å². The first-order valence-corrected chi connectivity index (χ1v) is 5.57. The summed E-state index contributed by atoms with van der Waals surface area (Å²) >= 11 is 0. The van der Waals surface area contributed by atoms with Gasteiger partial charge in [0.2, 0.25) is 5.95 Å². The van der Waals surface area contributed by atoms with Crippen LogP contribution in [0.15, 0.2) is 0 Å². The lowest BCUT2D eigenvalue weighted by Gasteiger charge is -2.25. The van der Waals surface area contributed by atoms with E-state index in [0.29, 0.717) is 17.8 Å². The van der Waals surface area contributed by atoms with Gasteiger partial charge in [-0.25, -0.2) is 4.68 Å². The fourth-order valence-electron chi connectivity index (χ4n) is 2.25. The average Bonchev–Trinajstić information content (AvgIpc) is 2.59. The van der Waals surface area contributed by atoms with Crippen molar-refractivity contribution in [3.63, 3.8) is 0 Å². The maximum atomic E-state index is 5.67. The fourth-order valence-corrected chi connectivity index (χ4v) is 2.25. The molecule has 5 nitrogen and oxygen atoms in total. The first-order chi connectivity index (χ1) is 7.20. The second-order valence-electron chi connectivity index (χ2n) is 4.41. The molecule has 4 N–H and O–H groups in total. The molecule has 1 fully saturated rings. The van der Waals surface area contributed by atoms with E-state index in [-0.39, 0.29) is 0 Å². The third kappa shape index (κ3) is 2.12. The summed E-state index contributed by atoms with van der Waals surface area (Å²) < 4.78 is 1.64. The second kappa shape index (κ2) is 4.18. The maximum absolute atomic E-state index is 5.67. The zero-order valence-electron chi connectivity index (χ0n) is 9.19. The fraction of sp³-hybridized carbons (Fsp3) is 0.800. The second-order valence-corrected chi connectivity index (χ2v) is 4.41. The molecule has 0 unspecified atom stereocenters. The van der Waals surface area contributed by atoms with Crippen molar-refractivity contribution in [2.45, 2.75) is 31.6 Å². The van der Waals surface area contributed by atoms with Crippen LogP contribution in [0.25, 0.3) is 0 Å². The summed E-state index contributed by atoms with van der Waals surface area (Å²) in [4.78, 5) is 4.28. The maximum Gasteiger partial charge on any atom is 0.218 e. The summed E-state index contributed by atoms with van der Waals surface area (Å²) in [7, 11) is 1.83. The van der Waals surface area contributed by atoms with Crippen molar-refractivity contribution in [2.75, 3.05) is 12.3 Å². The zero-order valence-corrected chi connectivity index (χ0v) is 9.19. The van der Waals surface area contributed by atoms with Gasteiger partial charge >= 0.3 is 0 Å². The van der Waals surface area contributed by atoms with Crippen LogP contribution in [-0.2, 0) is 7.05 Å². The predicted octanol–water partition coefficient (Wildman–Crippen LogP) is 0.630. The van der Waals surface area contributed by atoms with E-state index in [2.05, 4.69) is 10.1 Å². The highest BCUT2D eigenvalue weighted by molar-refractivity contribution is 5.17. The summed E-state index contributed by atoms with van der Waals surface area (Å²) in [5.41, 5.74) is 11.3. The molecule has 84 valence electrons. The molecule has 0 aromatic carbocycles. The first kappa shape index (κ1) is 10.4. The van der Waals surface area contributed by atoms with E-state index in [9.17, 15) is 0 Å². The van der Waals surface area contributed by atoms with Crippen molar-refractivity contribution >= 4 is 5.95 Å². The van der Waals surface area contributed by atoms with Gasteiger partial charge in [0, 0.05) is 13.0 Å². The average molecular weight is 209 g/mol. The number of anilines is 1. The van der Waals surface area contributed by atoms with E-state index in [0.717, 1.165) is 25.2 Å². The molecule has 0 bridgehead atoms. The molecule has 0 amide bonds. The van der Waals surface area contributed by atoms with E-state index in [1.54, 1.807) is 4.68 Å². The van der Waals surface area contributed by atoms with Crippen molar-refractivity contribution in [3.05, 3.63) is 5.82 Å². The third-order valence-corrected chi connectivity index (χ3v) is 3.36. The number of aromatic nitrogens is 3. The van der Waals surface area contributed by atoms with Crippen LogP contribution in [0.4, 0.5) is 5.95 Å². The van der Waals surface area contributed by atoms with Crippen LogP contribution in [0, 0.1) is 5.92 Å². The van der Waals surface area contributed by atoms with Crippen molar-refractivity contribution in [1.82, 2.24) is 14.8 Å². The minimum Gasteiger partial charge on any atom is -0.368 e. The topological polar surface area (TPSA) is 82.8 Å². The van der Waals surface area contributed by atoms with Gasteiger partial charge in [0.25, 0.3) is 0 Å². The molecule has 5 heteroatoms. The van der Waals surface area contributed by atoms with Gasteiger partial charge in [0.05, 0.1) is 0 Å². The standard InChI is InChI=1S/C10H19N5/c1-15-10(12)13-9(14-15)8-4-2-7(6-11)3-5-8/h7-8H,2-6,11H2,1H3,(H2,12,13,14). The summed E-state index contributed by atoms with van der Waals surface area (Å²) in [6.45, 7) is 0.810. The molecule has 2 rings (SSSR count). The summed E-state index contributed by atoms with van der Waals surface area (Å²) in [5, 5.41) is 4.33. The van der Waals surface area contributed by atoms with Crippen LogP contribution >= 0.6 is 0 Å². The third-order valence-electron chi connectivity index (χ3n) is 3.36. The number of nitrogens with two attached hydrogens (primary N) is 2. The molecular weight excluding hydrogens is 190 g/mol. The van der Waals surface area contributed by atoms with Gasteiger partial charge in [-0.3, -0.25) is 0 Å². The number of hydrogen-bond acceptors (Lipinski definition) is 4. The van der Waals surface area contributed by atoms with Gasteiger partial charge in [-0.05, 0) is 38.1 Å². The Morgan fingerprint density at radius 1 is 1.33 bits per heavy atom. The first-order valence-electron chi connectivity index (χ1n) is 5.57. The Hall–Kier alpha value is -1.10. The Kier molecular flexibility index (Phi) is 2.90. The van der Waals surface area contributed by atoms with Gasteiger partial charge in [0.15, 0.2) is 5.82 Å². The molecule has 1 aliphatic rings. The quantitative estimate of drug-likeness (QED) is 0.748. The van der Waals surface area contributed by atoms with Gasteiger partial charge in [-0.15, -0.1) is 0 Å². The molecule has 1 aromatic heterocycles. The van der Waals surface area contributed by atoms with Crippen LogP contribution in [-0.4, -0.2) is 21.3 Å². The number of hydrogen-bond donors (Lipinski definition) is 2. The van der Waals surface area contributed by atoms with Gasteiger partial charge in [-0.2, -0.15) is 10.1 Å². The summed E-state index contributed by atoms with van der Waals surface area (Å²) in [5.74, 6) is 2.59. The Bertz CT molecular complexity index is 305. The minimum absolute atomic E-state index is 0.483. The highest BCUT2D eigenvalue weighted by atomic mass is 15.4.